The summed E-state index contributed by atoms with van der Waals surface area (Å²) in [6, 6.07) is 0. The SMILES string of the molecule is CCCCCCCCCCCCCCCC(CCCCCCCO)S(=O)(=O)[O-].[K+]. The van der Waals surface area contributed by atoms with Gasteiger partial charge in [0.1, 0.15) is 0 Å². The molecule has 0 radical (unpaired) electrons. The van der Waals surface area contributed by atoms with E-state index in [9.17, 15) is 13.0 Å². The molecule has 1 unspecified atom stereocenters. The van der Waals surface area contributed by atoms with Gasteiger partial charge in [-0.25, -0.2) is 8.42 Å². The molecule has 4 nitrogen and oxygen atoms in total. The fourth-order valence-corrected chi connectivity index (χ4v) is 4.75. The van der Waals surface area contributed by atoms with Gasteiger partial charge in [-0.3, -0.25) is 0 Å². The van der Waals surface area contributed by atoms with E-state index in [4.69, 9.17) is 5.11 Å². The zero-order chi connectivity index (χ0) is 20.9. The molecule has 0 aromatic rings. The Morgan fingerprint density at radius 3 is 1.24 bits per heavy atom. The third-order valence-corrected chi connectivity index (χ3v) is 7.01. The van der Waals surface area contributed by atoms with E-state index in [0.29, 0.717) is 12.8 Å². The molecule has 0 aliphatic heterocycles. The van der Waals surface area contributed by atoms with E-state index in [1.807, 2.05) is 0 Å². The third-order valence-electron chi connectivity index (χ3n) is 5.72. The number of rotatable bonds is 22. The summed E-state index contributed by atoms with van der Waals surface area (Å²) >= 11 is 0. The van der Waals surface area contributed by atoms with Crippen molar-refractivity contribution in [1.82, 2.24) is 0 Å². The minimum atomic E-state index is -4.17. The Balaban J connectivity index is 0. The Kier molecular flexibility index (Phi) is 27.2. The van der Waals surface area contributed by atoms with Gasteiger partial charge in [-0.15, -0.1) is 0 Å². The molecule has 6 heteroatoms. The number of aliphatic hydroxyl groups excluding tert-OH is 1. The van der Waals surface area contributed by atoms with Crippen molar-refractivity contribution in [3.63, 3.8) is 0 Å². The van der Waals surface area contributed by atoms with Gasteiger partial charge in [0.05, 0.1) is 10.1 Å². The quantitative estimate of drug-likeness (QED) is 0.152. The van der Waals surface area contributed by atoms with Crippen LogP contribution in [-0.2, 0) is 10.1 Å². The van der Waals surface area contributed by atoms with Crippen molar-refractivity contribution >= 4 is 10.1 Å². The smallest absolute Gasteiger partial charge is 0.748 e. The average molecular weight is 459 g/mol. The maximum Gasteiger partial charge on any atom is 1.00 e. The molecule has 1 atom stereocenters. The van der Waals surface area contributed by atoms with E-state index in [1.54, 1.807) is 0 Å². The van der Waals surface area contributed by atoms with Crippen molar-refractivity contribution < 1.29 is 69.5 Å². The normalized spacial score (nSPS) is 12.7. The van der Waals surface area contributed by atoms with Crippen LogP contribution in [0, 0.1) is 0 Å². The van der Waals surface area contributed by atoms with E-state index in [2.05, 4.69) is 6.92 Å². The molecule has 0 saturated carbocycles. The first-order chi connectivity index (χ1) is 13.5. The molecular weight excluding hydrogens is 411 g/mol. The third kappa shape index (κ3) is 24.0. The Hall–Kier alpha value is 1.51. The second kappa shape index (κ2) is 24.2. The van der Waals surface area contributed by atoms with Crippen LogP contribution in [0.3, 0.4) is 0 Å². The Morgan fingerprint density at radius 2 is 0.931 bits per heavy atom. The van der Waals surface area contributed by atoms with Gasteiger partial charge >= 0.3 is 51.4 Å². The Morgan fingerprint density at radius 1 is 0.621 bits per heavy atom. The summed E-state index contributed by atoms with van der Waals surface area (Å²) < 4.78 is 34.4. The summed E-state index contributed by atoms with van der Waals surface area (Å²) in [4.78, 5) is 0. The number of hydrogen-bond acceptors (Lipinski definition) is 4. The van der Waals surface area contributed by atoms with Crippen molar-refractivity contribution in [2.24, 2.45) is 0 Å². The van der Waals surface area contributed by atoms with Gasteiger partial charge in [0, 0.05) is 11.9 Å². The van der Waals surface area contributed by atoms with Gasteiger partial charge in [-0.1, -0.05) is 116 Å². The summed E-state index contributed by atoms with van der Waals surface area (Å²) in [7, 11) is -4.17. The fraction of sp³-hybridized carbons (Fsp3) is 1.00. The molecule has 29 heavy (non-hydrogen) atoms. The first kappa shape index (κ1) is 32.7. The fourth-order valence-electron chi connectivity index (χ4n) is 3.84. The number of aliphatic hydroxyl groups is 1. The molecule has 0 aromatic carbocycles. The Labute approximate surface area is 224 Å². The summed E-state index contributed by atoms with van der Waals surface area (Å²) in [6.07, 6.45) is 22.0. The van der Waals surface area contributed by atoms with Crippen LogP contribution in [0.15, 0.2) is 0 Å². The van der Waals surface area contributed by atoms with Gasteiger partial charge in [-0.05, 0) is 19.3 Å². The van der Waals surface area contributed by atoms with E-state index in [-0.39, 0.29) is 58.0 Å². The summed E-state index contributed by atoms with van der Waals surface area (Å²) in [6.45, 7) is 2.47. The second-order valence-electron chi connectivity index (χ2n) is 8.43. The van der Waals surface area contributed by atoms with Crippen molar-refractivity contribution in [2.75, 3.05) is 6.61 Å². The van der Waals surface area contributed by atoms with Gasteiger partial charge in [-0.2, -0.15) is 0 Å². The molecule has 170 valence electrons. The van der Waals surface area contributed by atoms with Crippen molar-refractivity contribution in [3.8, 4) is 0 Å². The van der Waals surface area contributed by atoms with Gasteiger partial charge in [0.25, 0.3) is 0 Å². The van der Waals surface area contributed by atoms with Crippen LogP contribution >= 0.6 is 0 Å². The molecular formula is C23H47KO4S. The zero-order valence-electron chi connectivity index (χ0n) is 19.5. The van der Waals surface area contributed by atoms with E-state index >= 15 is 0 Å². The number of unbranched alkanes of at least 4 members (excludes halogenated alkanes) is 16. The van der Waals surface area contributed by atoms with Crippen LogP contribution in [0.25, 0.3) is 0 Å². The molecule has 0 fully saturated rings. The maximum atomic E-state index is 11.5. The van der Waals surface area contributed by atoms with Crippen LogP contribution in [-0.4, -0.2) is 29.9 Å². The topological polar surface area (TPSA) is 77.4 Å². The molecule has 0 saturated heterocycles. The van der Waals surface area contributed by atoms with Gasteiger partial charge in [0.2, 0.25) is 0 Å². The van der Waals surface area contributed by atoms with E-state index in [0.717, 1.165) is 51.4 Å². The minimum Gasteiger partial charge on any atom is -0.748 e. The molecule has 0 amide bonds. The minimum absolute atomic E-state index is 0. The monoisotopic (exact) mass is 458 g/mol. The van der Waals surface area contributed by atoms with Crippen LogP contribution in [0.4, 0.5) is 0 Å². The molecule has 0 aliphatic rings. The van der Waals surface area contributed by atoms with Gasteiger partial charge < -0.3 is 9.66 Å². The Bertz CT molecular complexity index is 415. The van der Waals surface area contributed by atoms with Crippen molar-refractivity contribution in [1.29, 1.82) is 0 Å². The predicted molar refractivity (Wildman–Crippen MR) is 119 cm³/mol. The van der Waals surface area contributed by atoms with Crippen molar-refractivity contribution in [2.45, 2.75) is 141 Å². The average Bonchev–Trinajstić information content (AvgIpc) is 2.65. The molecule has 0 rings (SSSR count). The van der Waals surface area contributed by atoms with Crippen LogP contribution in [0.2, 0.25) is 0 Å². The number of hydrogen-bond donors (Lipinski definition) is 1. The van der Waals surface area contributed by atoms with Crippen LogP contribution in [0.5, 0.6) is 0 Å². The molecule has 0 spiro atoms. The standard InChI is InChI=1S/C23H48O4S.K/c1-2-3-4-5-6-7-8-9-10-11-12-14-17-20-23(28(25,26)27)21-18-15-13-16-19-22-24;/h23-24H,2-22H2,1H3,(H,25,26,27);/q;+1/p-1. The predicted octanol–water partition coefficient (Wildman–Crippen LogP) is 3.72. The van der Waals surface area contributed by atoms with Crippen LogP contribution in [0.1, 0.15) is 135 Å². The van der Waals surface area contributed by atoms with Crippen molar-refractivity contribution in [3.05, 3.63) is 0 Å². The largest absolute Gasteiger partial charge is 1.00 e. The summed E-state index contributed by atoms with van der Waals surface area (Å²) in [5, 5.41) is 8.05. The van der Waals surface area contributed by atoms with E-state index < -0.39 is 15.4 Å². The zero-order valence-corrected chi connectivity index (χ0v) is 23.4. The molecule has 0 aliphatic carbocycles. The summed E-state index contributed by atoms with van der Waals surface area (Å²) in [5.74, 6) is 0. The second-order valence-corrected chi connectivity index (χ2v) is 10.1. The molecule has 0 bridgehead atoms. The van der Waals surface area contributed by atoms with Gasteiger partial charge in [0.15, 0.2) is 0 Å². The summed E-state index contributed by atoms with van der Waals surface area (Å²) in [5.41, 5.74) is 0. The first-order valence-electron chi connectivity index (χ1n) is 12.1. The van der Waals surface area contributed by atoms with Crippen LogP contribution < -0.4 is 51.4 Å². The van der Waals surface area contributed by atoms with E-state index in [1.165, 1.54) is 64.2 Å². The molecule has 0 aromatic heterocycles. The maximum absolute atomic E-state index is 11.5. The molecule has 1 N–H and O–H groups in total. The first-order valence-corrected chi connectivity index (χ1v) is 13.5. The molecule has 0 heterocycles.